The smallest absolute Gasteiger partial charge is 0.263 e. The van der Waals surface area contributed by atoms with E-state index in [0.717, 1.165) is 12.8 Å². The Morgan fingerprint density at radius 1 is 1.43 bits per heavy atom. The summed E-state index contributed by atoms with van der Waals surface area (Å²) in [5, 5.41) is 6.96. The van der Waals surface area contributed by atoms with E-state index in [1.54, 1.807) is 4.68 Å². The fourth-order valence-electron chi connectivity index (χ4n) is 2.51. The first-order valence-electron chi connectivity index (χ1n) is 7.91. The zero-order valence-corrected chi connectivity index (χ0v) is 13.2. The van der Waals surface area contributed by atoms with E-state index in [1.807, 2.05) is 13.8 Å². The first-order valence-corrected chi connectivity index (χ1v) is 7.91. The summed E-state index contributed by atoms with van der Waals surface area (Å²) in [5.74, 6) is 1.25. The molecule has 1 amide bonds. The van der Waals surface area contributed by atoms with Crippen molar-refractivity contribution in [1.82, 2.24) is 30.0 Å². The second-order valence-electron chi connectivity index (χ2n) is 5.65. The number of aryl methyl sites for hydroxylation is 1. The van der Waals surface area contributed by atoms with E-state index in [0.29, 0.717) is 30.5 Å². The van der Waals surface area contributed by atoms with Crippen LogP contribution in [0.2, 0.25) is 0 Å². The zero-order valence-electron chi connectivity index (χ0n) is 13.2. The third kappa shape index (κ3) is 3.15. The van der Waals surface area contributed by atoms with E-state index in [-0.39, 0.29) is 11.6 Å². The molecule has 8 nitrogen and oxygen atoms in total. The summed E-state index contributed by atoms with van der Waals surface area (Å²) in [5.41, 5.74) is -0.373. The molecule has 0 aromatic carbocycles. The van der Waals surface area contributed by atoms with Gasteiger partial charge in [0.05, 0.1) is 6.04 Å². The average Bonchev–Trinajstić information content (AvgIpc) is 3.30. The lowest BCUT2D eigenvalue weighted by Crippen LogP contribution is -2.34. The van der Waals surface area contributed by atoms with Crippen LogP contribution in [0.25, 0.3) is 0 Å². The van der Waals surface area contributed by atoms with Crippen LogP contribution in [0.5, 0.6) is 0 Å². The molecule has 2 N–H and O–H groups in total. The van der Waals surface area contributed by atoms with Gasteiger partial charge in [-0.1, -0.05) is 6.92 Å². The molecule has 0 saturated heterocycles. The highest BCUT2D eigenvalue weighted by Gasteiger charge is 2.27. The molecule has 122 valence electrons. The van der Waals surface area contributed by atoms with Crippen LogP contribution in [0.4, 0.5) is 0 Å². The number of amides is 1. The predicted octanol–water partition coefficient (Wildman–Crippen LogP) is 1.14. The van der Waals surface area contributed by atoms with Crippen LogP contribution in [0.15, 0.2) is 17.3 Å². The Bertz CT molecular complexity index is 761. The molecular weight excluding hydrogens is 296 g/mol. The largest absolute Gasteiger partial charge is 0.342 e. The lowest BCUT2D eigenvalue weighted by Gasteiger charge is -2.16. The second-order valence-corrected chi connectivity index (χ2v) is 5.65. The summed E-state index contributed by atoms with van der Waals surface area (Å²) < 4.78 is 1.73. The van der Waals surface area contributed by atoms with Crippen molar-refractivity contribution in [2.75, 3.05) is 0 Å². The van der Waals surface area contributed by atoms with Crippen molar-refractivity contribution >= 4 is 5.91 Å². The summed E-state index contributed by atoms with van der Waals surface area (Å²) in [6.07, 6.45) is 5.56. The number of aromatic amines is 1. The molecule has 23 heavy (non-hydrogen) atoms. The number of hydrogen-bond donors (Lipinski definition) is 2. The van der Waals surface area contributed by atoms with Crippen molar-refractivity contribution in [1.29, 1.82) is 0 Å². The fourth-order valence-corrected chi connectivity index (χ4v) is 2.51. The second kappa shape index (κ2) is 6.31. The summed E-state index contributed by atoms with van der Waals surface area (Å²) in [6.45, 7) is 4.57. The van der Waals surface area contributed by atoms with E-state index in [9.17, 15) is 9.59 Å². The van der Waals surface area contributed by atoms with Gasteiger partial charge in [-0.05, 0) is 26.2 Å². The number of carbonyl (C=O) groups excluding carboxylic acids is 1. The molecule has 2 aromatic rings. The minimum absolute atomic E-state index is 0.0235. The van der Waals surface area contributed by atoms with Gasteiger partial charge < -0.3 is 10.3 Å². The van der Waals surface area contributed by atoms with E-state index < -0.39 is 11.5 Å². The topological polar surface area (TPSA) is 106 Å². The van der Waals surface area contributed by atoms with Crippen LogP contribution >= 0.6 is 0 Å². The van der Waals surface area contributed by atoms with Crippen LogP contribution in [0, 0.1) is 0 Å². The highest BCUT2D eigenvalue weighted by Crippen LogP contribution is 2.37. The number of H-pyrrole nitrogens is 1. The lowest BCUT2D eigenvalue weighted by atomic mass is 10.2. The summed E-state index contributed by atoms with van der Waals surface area (Å²) in [6, 6.07) is -0.299. The third-order valence-electron chi connectivity index (χ3n) is 4.00. The number of aromatic nitrogens is 5. The van der Waals surface area contributed by atoms with Crippen LogP contribution in [0.3, 0.4) is 0 Å². The molecule has 8 heteroatoms. The van der Waals surface area contributed by atoms with Gasteiger partial charge in [0.2, 0.25) is 0 Å². The first-order chi connectivity index (χ1) is 11.1. The summed E-state index contributed by atoms with van der Waals surface area (Å²) >= 11 is 0. The van der Waals surface area contributed by atoms with E-state index in [4.69, 9.17) is 0 Å². The molecule has 0 unspecified atom stereocenters. The maximum atomic E-state index is 12.4. The molecule has 2 aromatic heterocycles. The monoisotopic (exact) mass is 316 g/mol. The third-order valence-corrected chi connectivity index (χ3v) is 4.00. The highest BCUT2D eigenvalue weighted by molar-refractivity contribution is 5.93. The maximum Gasteiger partial charge on any atom is 0.263 e. The number of nitrogens with zero attached hydrogens (tertiary/aromatic N) is 4. The Hall–Kier alpha value is -2.51. The van der Waals surface area contributed by atoms with Gasteiger partial charge in [0.1, 0.15) is 23.5 Å². The number of rotatable bonds is 6. The molecule has 1 fully saturated rings. The molecule has 2 heterocycles. The molecular formula is C15H20N6O2. The average molecular weight is 316 g/mol. The molecule has 3 rings (SSSR count). The van der Waals surface area contributed by atoms with Crippen molar-refractivity contribution in [2.24, 2.45) is 0 Å². The highest BCUT2D eigenvalue weighted by atomic mass is 16.2. The van der Waals surface area contributed by atoms with Crippen LogP contribution in [-0.4, -0.2) is 30.6 Å². The van der Waals surface area contributed by atoms with Gasteiger partial charge in [0.25, 0.3) is 11.5 Å². The van der Waals surface area contributed by atoms with E-state index >= 15 is 0 Å². The Kier molecular flexibility index (Phi) is 4.22. The molecule has 0 spiro atoms. The Labute approximate surface area is 133 Å². The van der Waals surface area contributed by atoms with E-state index in [1.165, 1.54) is 12.5 Å². The number of carbonyl (C=O) groups is 1. The van der Waals surface area contributed by atoms with Gasteiger partial charge >= 0.3 is 0 Å². The van der Waals surface area contributed by atoms with Crippen molar-refractivity contribution in [3.63, 3.8) is 0 Å². The van der Waals surface area contributed by atoms with Gasteiger partial charge in [-0.15, -0.1) is 0 Å². The van der Waals surface area contributed by atoms with Gasteiger partial charge in [0.15, 0.2) is 0 Å². The maximum absolute atomic E-state index is 12.4. The Morgan fingerprint density at radius 2 is 2.22 bits per heavy atom. The molecule has 0 radical (unpaired) electrons. The van der Waals surface area contributed by atoms with E-state index in [2.05, 4.69) is 25.4 Å². The molecule has 0 bridgehead atoms. The van der Waals surface area contributed by atoms with Crippen molar-refractivity contribution in [2.45, 2.75) is 51.6 Å². The fraction of sp³-hybridized carbons (Fsp3) is 0.533. The minimum Gasteiger partial charge on any atom is -0.342 e. The molecule has 0 aliphatic heterocycles. The predicted molar refractivity (Wildman–Crippen MR) is 83.0 cm³/mol. The lowest BCUT2D eigenvalue weighted by molar-refractivity contribution is 0.0930. The van der Waals surface area contributed by atoms with Crippen LogP contribution in [0.1, 0.15) is 67.1 Å². The number of hydrogen-bond acceptors (Lipinski definition) is 5. The molecule has 1 atom stereocenters. The van der Waals surface area contributed by atoms with Gasteiger partial charge in [0, 0.05) is 18.7 Å². The van der Waals surface area contributed by atoms with Crippen LogP contribution < -0.4 is 10.9 Å². The van der Waals surface area contributed by atoms with Crippen LogP contribution in [-0.2, 0) is 6.54 Å². The molecule has 1 aliphatic rings. The normalized spacial score (nSPS) is 15.4. The van der Waals surface area contributed by atoms with Gasteiger partial charge in [-0.25, -0.2) is 14.6 Å². The van der Waals surface area contributed by atoms with Crippen molar-refractivity contribution < 1.29 is 4.79 Å². The number of nitrogens with one attached hydrogen (secondary N) is 2. The molecule has 1 saturated carbocycles. The SMILES string of the molecule is CC[C@H](NC(=O)c1cnc(C2CC2)[nH]c1=O)c1ncnn1CC. The van der Waals surface area contributed by atoms with Crippen molar-refractivity contribution in [3.8, 4) is 0 Å². The zero-order chi connectivity index (χ0) is 16.4. The summed E-state index contributed by atoms with van der Waals surface area (Å²) in [7, 11) is 0. The standard InChI is InChI=1S/C15H20N6O2/c1-3-11(13-17-8-18-21(13)4-2)19-14(22)10-7-16-12(9-5-6-9)20-15(10)23/h7-9,11H,3-6H2,1-2H3,(H,19,22)(H,16,20,23)/t11-/m0/s1. The van der Waals surface area contributed by atoms with Gasteiger partial charge in [-0.2, -0.15) is 5.10 Å². The Balaban J connectivity index is 1.78. The molecule has 1 aliphatic carbocycles. The van der Waals surface area contributed by atoms with Crippen molar-refractivity contribution in [3.05, 3.63) is 40.1 Å². The Morgan fingerprint density at radius 3 is 2.83 bits per heavy atom. The minimum atomic E-state index is -0.446. The quantitative estimate of drug-likeness (QED) is 0.831. The first kappa shape index (κ1) is 15.4. The van der Waals surface area contributed by atoms with Gasteiger partial charge in [-0.3, -0.25) is 9.59 Å². The summed E-state index contributed by atoms with van der Waals surface area (Å²) in [4.78, 5) is 35.6.